The van der Waals surface area contributed by atoms with Crippen molar-refractivity contribution in [3.05, 3.63) is 64.8 Å². The van der Waals surface area contributed by atoms with E-state index in [4.69, 9.17) is 11.6 Å². The molecule has 3 aromatic rings. The average Bonchev–Trinajstić information content (AvgIpc) is 2.58. The maximum Gasteiger partial charge on any atom is 0.418 e. The van der Waals surface area contributed by atoms with Crippen LogP contribution in [0.25, 0.3) is 0 Å². The van der Waals surface area contributed by atoms with Crippen molar-refractivity contribution in [2.75, 3.05) is 10.6 Å². The summed E-state index contributed by atoms with van der Waals surface area (Å²) in [5, 5.41) is 13.6. The third kappa shape index (κ3) is 4.20. The van der Waals surface area contributed by atoms with E-state index >= 15 is 0 Å². The average molecular weight is 380 g/mol. The van der Waals surface area contributed by atoms with Crippen molar-refractivity contribution in [1.82, 2.24) is 15.2 Å². The summed E-state index contributed by atoms with van der Waals surface area (Å²) in [6.45, 7) is 1.88. The number of hydrogen-bond donors (Lipinski definition) is 2. The largest absolute Gasteiger partial charge is 0.418 e. The van der Waals surface area contributed by atoms with Crippen LogP contribution in [-0.4, -0.2) is 15.2 Å². The van der Waals surface area contributed by atoms with Gasteiger partial charge in [0, 0.05) is 10.7 Å². The number of hydrogen-bond acceptors (Lipinski definition) is 5. The molecule has 0 radical (unpaired) electrons. The number of nitrogens with one attached hydrogen (secondary N) is 2. The molecule has 3 rings (SSSR count). The lowest BCUT2D eigenvalue weighted by atomic mass is 10.1. The van der Waals surface area contributed by atoms with Crippen LogP contribution in [0, 0.1) is 6.92 Å². The molecular weight excluding hydrogens is 367 g/mol. The number of alkyl halides is 3. The molecule has 0 fully saturated rings. The summed E-state index contributed by atoms with van der Waals surface area (Å²) in [4.78, 5) is 4.15. The second-order valence-electron chi connectivity index (χ2n) is 5.42. The number of benzene rings is 2. The Morgan fingerprint density at radius 1 is 1.00 bits per heavy atom. The van der Waals surface area contributed by atoms with E-state index in [-0.39, 0.29) is 11.6 Å². The summed E-state index contributed by atoms with van der Waals surface area (Å²) in [5.41, 5.74) is 0.662. The number of halogens is 4. The van der Waals surface area contributed by atoms with E-state index in [0.717, 1.165) is 11.6 Å². The van der Waals surface area contributed by atoms with Crippen LogP contribution in [0.4, 0.5) is 36.3 Å². The molecule has 0 aliphatic rings. The Kier molecular flexibility index (Phi) is 4.94. The van der Waals surface area contributed by atoms with Gasteiger partial charge in [0.2, 0.25) is 5.95 Å². The minimum absolute atomic E-state index is 0.0635. The van der Waals surface area contributed by atoms with Crippen LogP contribution in [0.2, 0.25) is 5.02 Å². The molecule has 5 nitrogen and oxygen atoms in total. The highest BCUT2D eigenvalue weighted by molar-refractivity contribution is 6.30. The molecular formula is C17H13ClF3N5. The predicted octanol–water partition coefficient (Wildman–Crippen LogP) is 5.34. The smallest absolute Gasteiger partial charge is 0.339 e. The maximum absolute atomic E-state index is 13.1. The van der Waals surface area contributed by atoms with Crippen molar-refractivity contribution in [1.29, 1.82) is 0 Å². The predicted molar refractivity (Wildman–Crippen MR) is 94.0 cm³/mol. The van der Waals surface area contributed by atoms with Crippen molar-refractivity contribution in [2.45, 2.75) is 13.1 Å². The fraction of sp³-hybridized carbons (Fsp3) is 0.118. The van der Waals surface area contributed by atoms with Crippen LogP contribution < -0.4 is 10.6 Å². The van der Waals surface area contributed by atoms with E-state index in [1.54, 1.807) is 12.1 Å². The Labute approximate surface area is 152 Å². The molecule has 1 heterocycles. The molecule has 0 aliphatic heterocycles. The lowest BCUT2D eigenvalue weighted by Crippen LogP contribution is -2.10. The fourth-order valence-electron chi connectivity index (χ4n) is 2.24. The minimum Gasteiger partial charge on any atom is -0.339 e. The summed E-state index contributed by atoms with van der Waals surface area (Å²) in [6, 6.07) is 10.4. The molecule has 0 bridgehead atoms. The number of rotatable bonds is 4. The van der Waals surface area contributed by atoms with Gasteiger partial charge in [-0.05, 0) is 36.8 Å². The Balaban J connectivity index is 1.86. The van der Waals surface area contributed by atoms with E-state index < -0.39 is 11.7 Å². The maximum atomic E-state index is 13.1. The van der Waals surface area contributed by atoms with Gasteiger partial charge in [-0.15, -0.1) is 5.10 Å². The summed E-state index contributed by atoms with van der Waals surface area (Å²) in [7, 11) is 0. The highest BCUT2D eigenvalue weighted by atomic mass is 35.5. The van der Waals surface area contributed by atoms with Gasteiger partial charge in [-0.25, -0.2) is 0 Å². The monoisotopic (exact) mass is 379 g/mol. The molecule has 2 aromatic carbocycles. The highest BCUT2D eigenvalue weighted by Crippen LogP contribution is 2.35. The van der Waals surface area contributed by atoms with Gasteiger partial charge in [-0.1, -0.05) is 29.8 Å². The number of aromatic nitrogens is 3. The van der Waals surface area contributed by atoms with Gasteiger partial charge in [0.15, 0.2) is 5.82 Å². The number of para-hydroxylation sites is 1. The SMILES string of the molecule is Cc1ccc(Cl)cc1Nc1cnnc(Nc2ccccc2C(F)(F)F)n1. The first kappa shape index (κ1) is 17.9. The van der Waals surface area contributed by atoms with Gasteiger partial charge in [-0.3, -0.25) is 0 Å². The van der Waals surface area contributed by atoms with Gasteiger partial charge in [0.1, 0.15) is 0 Å². The molecule has 0 saturated heterocycles. The van der Waals surface area contributed by atoms with Crippen LogP contribution in [0.3, 0.4) is 0 Å². The number of anilines is 4. The summed E-state index contributed by atoms with van der Waals surface area (Å²) >= 11 is 5.97. The number of aryl methyl sites for hydroxylation is 1. The van der Waals surface area contributed by atoms with Crippen LogP contribution in [0.15, 0.2) is 48.7 Å². The third-order valence-corrected chi connectivity index (χ3v) is 3.74. The van der Waals surface area contributed by atoms with Crippen LogP contribution in [0.5, 0.6) is 0 Å². The Bertz CT molecular complexity index is 930. The molecule has 0 amide bonds. The van der Waals surface area contributed by atoms with E-state index in [2.05, 4.69) is 25.8 Å². The van der Waals surface area contributed by atoms with Gasteiger partial charge >= 0.3 is 6.18 Å². The zero-order chi connectivity index (χ0) is 18.7. The topological polar surface area (TPSA) is 62.7 Å². The Morgan fingerprint density at radius 2 is 1.77 bits per heavy atom. The Morgan fingerprint density at radius 3 is 2.54 bits per heavy atom. The van der Waals surface area contributed by atoms with Crippen molar-refractivity contribution in [2.24, 2.45) is 0 Å². The zero-order valence-electron chi connectivity index (χ0n) is 13.5. The van der Waals surface area contributed by atoms with Crippen LogP contribution >= 0.6 is 11.6 Å². The van der Waals surface area contributed by atoms with Crippen molar-refractivity contribution < 1.29 is 13.2 Å². The van der Waals surface area contributed by atoms with Crippen molar-refractivity contribution in [3.63, 3.8) is 0 Å². The number of nitrogens with zero attached hydrogens (tertiary/aromatic N) is 3. The molecule has 1 aromatic heterocycles. The molecule has 0 unspecified atom stereocenters. The van der Waals surface area contributed by atoms with Crippen LogP contribution in [0.1, 0.15) is 11.1 Å². The van der Waals surface area contributed by atoms with Gasteiger partial charge in [0.05, 0.1) is 17.4 Å². The molecule has 134 valence electrons. The van der Waals surface area contributed by atoms with Gasteiger partial charge in [0.25, 0.3) is 0 Å². The summed E-state index contributed by atoms with van der Waals surface area (Å²) in [5.74, 6) is 0.253. The zero-order valence-corrected chi connectivity index (χ0v) is 14.2. The minimum atomic E-state index is -4.50. The van der Waals surface area contributed by atoms with E-state index in [1.807, 2.05) is 13.0 Å². The van der Waals surface area contributed by atoms with Crippen molar-refractivity contribution >= 4 is 34.7 Å². The second kappa shape index (κ2) is 7.17. The second-order valence-corrected chi connectivity index (χ2v) is 5.85. The summed E-state index contributed by atoms with van der Waals surface area (Å²) in [6.07, 6.45) is -3.13. The first-order valence-corrected chi connectivity index (χ1v) is 7.87. The first-order valence-electron chi connectivity index (χ1n) is 7.49. The van der Waals surface area contributed by atoms with Crippen LogP contribution in [-0.2, 0) is 6.18 Å². The van der Waals surface area contributed by atoms with E-state index in [9.17, 15) is 13.2 Å². The molecule has 2 N–H and O–H groups in total. The quantitative estimate of drug-likeness (QED) is 0.640. The highest BCUT2D eigenvalue weighted by Gasteiger charge is 2.33. The molecule has 0 aliphatic carbocycles. The van der Waals surface area contributed by atoms with Crippen molar-refractivity contribution in [3.8, 4) is 0 Å². The molecule has 0 saturated carbocycles. The molecule has 9 heteroatoms. The normalized spacial score (nSPS) is 11.3. The lowest BCUT2D eigenvalue weighted by Gasteiger charge is -2.14. The van der Waals surface area contributed by atoms with E-state index in [0.29, 0.717) is 16.5 Å². The standard InChI is InChI=1S/C17H13ClF3N5/c1-10-6-7-11(18)8-14(10)23-15-9-22-26-16(25-15)24-13-5-3-2-4-12(13)17(19,20)21/h2-9H,1H3,(H2,23,24,25,26). The van der Waals surface area contributed by atoms with E-state index in [1.165, 1.54) is 24.4 Å². The first-order chi connectivity index (χ1) is 12.3. The molecule has 26 heavy (non-hydrogen) atoms. The molecule has 0 spiro atoms. The summed E-state index contributed by atoms with van der Waals surface area (Å²) < 4.78 is 39.2. The Hall–Kier alpha value is -2.87. The molecule has 0 atom stereocenters. The van der Waals surface area contributed by atoms with Gasteiger partial charge in [-0.2, -0.15) is 23.3 Å². The van der Waals surface area contributed by atoms with Gasteiger partial charge < -0.3 is 10.6 Å². The fourth-order valence-corrected chi connectivity index (χ4v) is 2.42. The lowest BCUT2D eigenvalue weighted by molar-refractivity contribution is -0.136. The third-order valence-electron chi connectivity index (χ3n) is 3.50.